The highest BCUT2D eigenvalue weighted by atomic mass is 16.5. The van der Waals surface area contributed by atoms with Gasteiger partial charge in [0.05, 0.1) is 0 Å². The lowest BCUT2D eigenvalue weighted by molar-refractivity contribution is -0.142. The van der Waals surface area contributed by atoms with Crippen LogP contribution >= 0.6 is 0 Å². The minimum atomic E-state index is -0.593. The molecule has 162 valence electrons. The van der Waals surface area contributed by atoms with Gasteiger partial charge in [-0.15, -0.1) is 0 Å². The van der Waals surface area contributed by atoms with Gasteiger partial charge in [-0.05, 0) is 49.4 Å². The molecule has 2 amide bonds. The number of hydrogen-bond donors (Lipinski definition) is 1. The van der Waals surface area contributed by atoms with Gasteiger partial charge in [0.1, 0.15) is 11.8 Å². The van der Waals surface area contributed by atoms with Crippen LogP contribution < -0.4 is 10.1 Å². The standard InChI is InChI=1S/C25H34N2O3/c1-7-26-24(29)19(3)27(16-20-10-8-9-18(2)15-20)23(28)17-30-22-13-11-21(12-14-22)25(4,5)6/h8-15,19H,7,16-17H2,1-6H3,(H,26,29)/t19-/m0/s1. The third-order valence-electron chi connectivity index (χ3n) is 5.04. The smallest absolute Gasteiger partial charge is 0.261 e. The number of carbonyl (C=O) groups is 2. The number of aryl methyl sites for hydroxylation is 1. The van der Waals surface area contributed by atoms with Crippen LogP contribution in [0.1, 0.15) is 51.3 Å². The summed E-state index contributed by atoms with van der Waals surface area (Å²) in [6.07, 6.45) is 0. The maximum absolute atomic E-state index is 13.0. The Morgan fingerprint density at radius 2 is 1.77 bits per heavy atom. The maximum atomic E-state index is 13.0. The van der Waals surface area contributed by atoms with E-state index in [0.717, 1.165) is 11.1 Å². The van der Waals surface area contributed by atoms with Gasteiger partial charge >= 0.3 is 0 Å². The SMILES string of the molecule is CCNC(=O)[C@H](C)N(Cc1cccc(C)c1)C(=O)COc1ccc(C(C)(C)C)cc1. The molecule has 2 aromatic carbocycles. The molecule has 0 saturated carbocycles. The summed E-state index contributed by atoms with van der Waals surface area (Å²) in [5, 5.41) is 2.80. The normalized spacial score (nSPS) is 12.2. The van der Waals surface area contributed by atoms with Gasteiger partial charge in [-0.25, -0.2) is 0 Å². The lowest BCUT2D eigenvalue weighted by Gasteiger charge is -2.28. The van der Waals surface area contributed by atoms with E-state index in [9.17, 15) is 9.59 Å². The topological polar surface area (TPSA) is 58.6 Å². The zero-order valence-electron chi connectivity index (χ0n) is 19.0. The molecule has 5 heteroatoms. The van der Waals surface area contributed by atoms with Gasteiger partial charge in [-0.2, -0.15) is 0 Å². The third kappa shape index (κ3) is 6.61. The van der Waals surface area contributed by atoms with Crippen LogP contribution in [0.5, 0.6) is 5.75 Å². The van der Waals surface area contributed by atoms with E-state index in [1.165, 1.54) is 5.56 Å². The van der Waals surface area contributed by atoms with Crippen LogP contribution in [0.25, 0.3) is 0 Å². The molecule has 0 heterocycles. The fourth-order valence-corrected chi connectivity index (χ4v) is 3.19. The van der Waals surface area contributed by atoms with Crippen molar-refractivity contribution < 1.29 is 14.3 Å². The third-order valence-corrected chi connectivity index (χ3v) is 5.04. The van der Waals surface area contributed by atoms with Crippen LogP contribution in [0.3, 0.4) is 0 Å². The van der Waals surface area contributed by atoms with Gasteiger partial charge in [0, 0.05) is 13.1 Å². The molecule has 0 fully saturated rings. The Kier molecular flexibility index (Phi) is 8.04. The van der Waals surface area contributed by atoms with Crippen molar-refractivity contribution in [1.29, 1.82) is 0 Å². The Morgan fingerprint density at radius 1 is 1.10 bits per heavy atom. The minimum Gasteiger partial charge on any atom is -0.484 e. The second kappa shape index (κ2) is 10.3. The highest BCUT2D eigenvalue weighted by molar-refractivity contribution is 5.87. The van der Waals surface area contributed by atoms with E-state index in [4.69, 9.17) is 4.74 Å². The number of ether oxygens (including phenoxy) is 1. The molecule has 2 aromatic rings. The van der Waals surface area contributed by atoms with Crippen molar-refractivity contribution in [1.82, 2.24) is 10.2 Å². The summed E-state index contributed by atoms with van der Waals surface area (Å²) in [4.78, 5) is 27.0. The first-order chi connectivity index (χ1) is 14.1. The molecule has 5 nitrogen and oxygen atoms in total. The van der Waals surface area contributed by atoms with Crippen molar-refractivity contribution in [2.24, 2.45) is 0 Å². The molecule has 2 rings (SSSR count). The quantitative estimate of drug-likeness (QED) is 0.709. The van der Waals surface area contributed by atoms with Gasteiger partial charge < -0.3 is 15.0 Å². The number of likely N-dealkylation sites (N-methyl/N-ethyl adjacent to an activating group) is 1. The van der Waals surface area contributed by atoms with E-state index in [-0.39, 0.29) is 23.8 Å². The van der Waals surface area contributed by atoms with Gasteiger partial charge in [0.2, 0.25) is 5.91 Å². The summed E-state index contributed by atoms with van der Waals surface area (Å²) in [5.74, 6) is 0.237. The Labute approximate surface area is 180 Å². The molecule has 0 bridgehead atoms. The van der Waals surface area contributed by atoms with Crippen LogP contribution in [0.2, 0.25) is 0 Å². The lowest BCUT2D eigenvalue weighted by atomic mass is 9.87. The van der Waals surface area contributed by atoms with E-state index in [2.05, 4.69) is 26.1 Å². The first kappa shape index (κ1) is 23.5. The molecule has 1 N–H and O–H groups in total. The van der Waals surface area contributed by atoms with E-state index in [0.29, 0.717) is 18.8 Å². The van der Waals surface area contributed by atoms with E-state index in [1.54, 1.807) is 11.8 Å². The first-order valence-electron chi connectivity index (χ1n) is 10.5. The number of amides is 2. The Balaban J connectivity index is 2.12. The molecule has 0 aromatic heterocycles. The summed E-state index contributed by atoms with van der Waals surface area (Å²) in [7, 11) is 0. The molecule has 0 saturated heterocycles. The minimum absolute atomic E-state index is 0.0566. The van der Waals surface area contributed by atoms with Crippen molar-refractivity contribution in [3.63, 3.8) is 0 Å². The largest absolute Gasteiger partial charge is 0.484 e. The molecule has 0 aliphatic rings. The van der Waals surface area contributed by atoms with Gasteiger partial charge in [0.15, 0.2) is 6.61 Å². The molecule has 0 aliphatic carbocycles. The summed E-state index contributed by atoms with van der Waals surface area (Å²) in [6.45, 7) is 12.8. The molecule has 1 atom stereocenters. The summed E-state index contributed by atoms with van der Waals surface area (Å²) in [5.41, 5.74) is 3.35. The molecule has 0 aliphatic heterocycles. The average molecular weight is 411 g/mol. The number of hydrogen-bond acceptors (Lipinski definition) is 3. The molecular weight excluding hydrogens is 376 g/mol. The predicted octanol–water partition coefficient (Wildman–Crippen LogP) is 4.22. The molecular formula is C25H34N2O3. The van der Waals surface area contributed by atoms with Crippen LogP contribution in [-0.2, 0) is 21.5 Å². The Hall–Kier alpha value is -2.82. The fraction of sp³-hybridized carbons (Fsp3) is 0.440. The summed E-state index contributed by atoms with van der Waals surface area (Å²) < 4.78 is 5.74. The summed E-state index contributed by atoms with van der Waals surface area (Å²) in [6, 6.07) is 15.1. The van der Waals surface area contributed by atoms with Crippen molar-refractivity contribution >= 4 is 11.8 Å². The Bertz CT molecular complexity index is 853. The zero-order valence-corrected chi connectivity index (χ0v) is 19.0. The monoisotopic (exact) mass is 410 g/mol. The number of carbonyl (C=O) groups excluding carboxylic acids is 2. The maximum Gasteiger partial charge on any atom is 0.261 e. The van der Waals surface area contributed by atoms with E-state index in [1.807, 2.05) is 62.4 Å². The number of benzene rings is 2. The fourth-order valence-electron chi connectivity index (χ4n) is 3.19. The predicted molar refractivity (Wildman–Crippen MR) is 121 cm³/mol. The summed E-state index contributed by atoms with van der Waals surface area (Å²) >= 11 is 0. The van der Waals surface area contributed by atoms with E-state index < -0.39 is 6.04 Å². The van der Waals surface area contributed by atoms with Gasteiger partial charge in [-0.3, -0.25) is 9.59 Å². The second-order valence-corrected chi connectivity index (χ2v) is 8.64. The van der Waals surface area contributed by atoms with Crippen LogP contribution in [-0.4, -0.2) is 35.9 Å². The van der Waals surface area contributed by atoms with Gasteiger partial charge in [0.25, 0.3) is 5.91 Å². The van der Waals surface area contributed by atoms with Crippen LogP contribution in [0, 0.1) is 6.92 Å². The molecule has 0 radical (unpaired) electrons. The number of nitrogens with one attached hydrogen (secondary N) is 1. The van der Waals surface area contributed by atoms with Crippen molar-refractivity contribution in [3.8, 4) is 5.75 Å². The van der Waals surface area contributed by atoms with Crippen molar-refractivity contribution in [3.05, 3.63) is 65.2 Å². The van der Waals surface area contributed by atoms with Crippen LogP contribution in [0.4, 0.5) is 0 Å². The molecule has 30 heavy (non-hydrogen) atoms. The zero-order chi connectivity index (χ0) is 22.3. The average Bonchev–Trinajstić information content (AvgIpc) is 2.69. The first-order valence-corrected chi connectivity index (χ1v) is 10.5. The molecule has 0 unspecified atom stereocenters. The van der Waals surface area contributed by atoms with Crippen molar-refractivity contribution in [2.75, 3.05) is 13.2 Å². The van der Waals surface area contributed by atoms with Crippen LogP contribution in [0.15, 0.2) is 48.5 Å². The van der Waals surface area contributed by atoms with Crippen molar-refractivity contribution in [2.45, 2.75) is 59.5 Å². The highest BCUT2D eigenvalue weighted by Gasteiger charge is 2.26. The number of rotatable bonds is 8. The lowest BCUT2D eigenvalue weighted by Crippen LogP contribution is -2.49. The van der Waals surface area contributed by atoms with Gasteiger partial charge in [-0.1, -0.05) is 62.7 Å². The number of nitrogens with zero attached hydrogens (tertiary/aromatic N) is 1. The Morgan fingerprint density at radius 3 is 2.33 bits per heavy atom. The van der Waals surface area contributed by atoms with E-state index >= 15 is 0 Å². The molecule has 0 spiro atoms. The second-order valence-electron chi connectivity index (χ2n) is 8.64. The highest BCUT2D eigenvalue weighted by Crippen LogP contribution is 2.24.